The molecule has 1 N–H and O–H groups in total. The second-order valence-corrected chi connectivity index (χ2v) is 14.8. The number of aryl methyl sites for hydroxylation is 1. The van der Waals surface area contributed by atoms with Crippen LogP contribution in [-0.4, -0.2) is 90.5 Å². The first-order valence-electron chi connectivity index (χ1n) is 14.7. The number of piperazine rings is 1. The minimum absolute atomic E-state index is 0.0912. The fourth-order valence-electron chi connectivity index (χ4n) is 5.65. The molecular formula is C32H37N7O3S2. The Balaban J connectivity index is 1.09. The molecule has 1 atom stereocenters. The van der Waals surface area contributed by atoms with Gasteiger partial charge in [0.1, 0.15) is 16.4 Å². The van der Waals surface area contributed by atoms with Gasteiger partial charge >= 0.3 is 0 Å². The van der Waals surface area contributed by atoms with Crippen molar-refractivity contribution < 1.29 is 12.9 Å². The van der Waals surface area contributed by atoms with Crippen molar-refractivity contribution in [2.24, 2.45) is 0 Å². The van der Waals surface area contributed by atoms with Crippen LogP contribution in [0.15, 0.2) is 75.7 Å². The zero-order valence-corrected chi connectivity index (χ0v) is 27.0. The van der Waals surface area contributed by atoms with E-state index < -0.39 is 10.0 Å². The third-order valence-electron chi connectivity index (χ3n) is 7.69. The quantitative estimate of drug-likeness (QED) is 0.223. The lowest BCUT2D eigenvalue weighted by Gasteiger charge is -2.35. The zero-order chi connectivity index (χ0) is 30.8. The molecule has 0 unspecified atom stereocenters. The predicted octanol–water partition coefficient (Wildman–Crippen LogP) is 5.19. The molecule has 1 aliphatic rings. The van der Waals surface area contributed by atoms with Gasteiger partial charge in [-0.25, -0.2) is 18.4 Å². The molecule has 10 nitrogen and oxygen atoms in total. The van der Waals surface area contributed by atoms with Gasteiger partial charge in [0.2, 0.25) is 0 Å². The van der Waals surface area contributed by atoms with Gasteiger partial charge in [-0.1, -0.05) is 35.5 Å². The van der Waals surface area contributed by atoms with E-state index in [-0.39, 0.29) is 6.04 Å². The Hall–Kier alpha value is -3.68. The highest BCUT2D eigenvalue weighted by molar-refractivity contribution is 7.91. The molecule has 0 amide bonds. The lowest BCUT2D eigenvalue weighted by Crippen LogP contribution is -2.50. The first-order chi connectivity index (χ1) is 21.2. The van der Waals surface area contributed by atoms with Gasteiger partial charge in [0, 0.05) is 62.3 Å². The van der Waals surface area contributed by atoms with Crippen LogP contribution in [-0.2, 0) is 16.6 Å². The van der Waals surface area contributed by atoms with E-state index in [0.717, 1.165) is 51.5 Å². The first-order valence-corrected chi connectivity index (χ1v) is 16.9. The van der Waals surface area contributed by atoms with Crippen LogP contribution in [0.2, 0.25) is 0 Å². The smallest absolute Gasteiger partial charge is 0.252 e. The lowest BCUT2D eigenvalue weighted by atomic mass is 10.00. The summed E-state index contributed by atoms with van der Waals surface area (Å²) in [7, 11) is 0.567. The maximum atomic E-state index is 13.4. The van der Waals surface area contributed by atoms with Gasteiger partial charge in [-0.3, -0.25) is 4.90 Å². The van der Waals surface area contributed by atoms with Gasteiger partial charge in [0.05, 0.1) is 16.1 Å². The molecule has 4 heterocycles. The highest BCUT2D eigenvalue weighted by Crippen LogP contribution is 2.33. The van der Waals surface area contributed by atoms with E-state index in [1.54, 1.807) is 22.8 Å². The number of anilines is 1. The van der Waals surface area contributed by atoms with E-state index in [2.05, 4.69) is 93.7 Å². The normalized spacial score (nSPS) is 15.7. The van der Waals surface area contributed by atoms with Crippen LogP contribution < -0.4 is 5.32 Å². The minimum atomic E-state index is -3.57. The molecule has 0 radical (unpaired) electrons. The molecule has 0 bridgehead atoms. The topological polar surface area (TPSA) is 108 Å². The molecule has 44 heavy (non-hydrogen) atoms. The van der Waals surface area contributed by atoms with Crippen molar-refractivity contribution in [1.29, 1.82) is 0 Å². The summed E-state index contributed by atoms with van der Waals surface area (Å²) in [5, 5.41) is 8.47. The van der Waals surface area contributed by atoms with Crippen LogP contribution in [0.5, 0.6) is 0 Å². The fraction of sp³-hybridized carbons (Fsp3) is 0.344. The van der Waals surface area contributed by atoms with E-state index >= 15 is 0 Å². The van der Waals surface area contributed by atoms with Crippen LogP contribution in [0.1, 0.15) is 18.2 Å². The van der Waals surface area contributed by atoms with Crippen molar-refractivity contribution >= 4 is 38.1 Å². The highest BCUT2D eigenvalue weighted by atomic mass is 32.2. The van der Waals surface area contributed by atoms with E-state index in [9.17, 15) is 8.42 Å². The standard InChI is InChI=1S/C32H37N7O3S2/c1-22-17-28(42-36-22)29-11-12-30(43-29)44(40,41)39-15-13-38(14-16-39)19-23(2)35-32-27-10-6-9-26(31(27)33-21-34-32)25-8-5-7-24(18-25)20-37(3)4/h5-12,17-18,21,23H,13-16,19-20H2,1-4H3,(H,33,34,35)/t23-/m0/s1. The Morgan fingerprint density at radius 1 is 1.02 bits per heavy atom. The van der Waals surface area contributed by atoms with Gasteiger partial charge in [-0.2, -0.15) is 4.31 Å². The van der Waals surface area contributed by atoms with Gasteiger partial charge < -0.3 is 14.7 Å². The molecule has 1 aliphatic heterocycles. The minimum Gasteiger partial charge on any atom is -0.366 e. The summed E-state index contributed by atoms with van der Waals surface area (Å²) >= 11 is 1.21. The Bertz CT molecular complexity index is 1860. The van der Waals surface area contributed by atoms with Crippen molar-refractivity contribution in [3.8, 4) is 21.8 Å². The molecule has 2 aromatic carbocycles. The van der Waals surface area contributed by atoms with Gasteiger partial charge in [0.15, 0.2) is 5.76 Å². The number of sulfonamides is 1. The Morgan fingerprint density at radius 2 is 1.82 bits per heavy atom. The second kappa shape index (κ2) is 12.7. The molecular weight excluding hydrogens is 595 g/mol. The predicted molar refractivity (Wildman–Crippen MR) is 175 cm³/mol. The maximum absolute atomic E-state index is 13.4. The van der Waals surface area contributed by atoms with E-state index in [1.807, 2.05) is 13.0 Å². The number of nitrogens with zero attached hydrogens (tertiary/aromatic N) is 6. The number of para-hydroxylation sites is 1. The summed E-state index contributed by atoms with van der Waals surface area (Å²) < 4.78 is 34.0. The first kappa shape index (κ1) is 30.4. The van der Waals surface area contributed by atoms with Crippen molar-refractivity contribution in [3.63, 3.8) is 0 Å². The summed E-state index contributed by atoms with van der Waals surface area (Å²) in [6, 6.07) is 20.1. The molecule has 12 heteroatoms. The number of rotatable bonds is 10. The number of nitrogens with one attached hydrogen (secondary N) is 1. The summed E-state index contributed by atoms with van der Waals surface area (Å²) in [4.78, 5) is 14.5. The van der Waals surface area contributed by atoms with Crippen LogP contribution in [0, 0.1) is 6.92 Å². The average molecular weight is 632 g/mol. The molecule has 0 aliphatic carbocycles. The van der Waals surface area contributed by atoms with E-state index in [4.69, 9.17) is 4.52 Å². The Kier molecular flexibility index (Phi) is 8.79. The van der Waals surface area contributed by atoms with Crippen molar-refractivity contribution in [2.45, 2.75) is 30.6 Å². The van der Waals surface area contributed by atoms with Crippen LogP contribution in [0.25, 0.3) is 32.7 Å². The SMILES string of the molecule is Cc1cc(-c2ccc(S(=O)(=O)N3CCN(C[C@H](C)Nc4ncnc5c(-c6cccc(CN(C)C)c6)cccc45)CC3)s2)on1. The average Bonchev–Trinajstić information content (AvgIpc) is 3.67. The lowest BCUT2D eigenvalue weighted by molar-refractivity contribution is 0.184. The summed E-state index contributed by atoms with van der Waals surface area (Å²) in [5.74, 6) is 1.38. The van der Waals surface area contributed by atoms with Crippen LogP contribution in [0.4, 0.5) is 5.82 Å². The number of fused-ring (bicyclic) bond motifs is 1. The molecule has 0 spiro atoms. The van der Waals surface area contributed by atoms with E-state index in [1.165, 1.54) is 16.9 Å². The number of hydrogen-bond donors (Lipinski definition) is 1. The van der Waals surface area contributed by atoms with Crippen LogP contribution >= 0.6 is 11.3 Å². The summed E-state index contributed by atoms with van der Waals surface area (Å²) in [5.41, 5.74) is 5.13. The molecule has 3 aromatic heterocycles. The third kappa shape index (κ3) is 6.54. The number of thiophene rings is 1. The largest absolute Gasteiger partial charge is 0.366 e. The van der Waals surface area contributed by atoms with Crippen molar-refractivity contribution in [2.75, 3.05) is 52.1 Å². The zero-order valence-electron chi connectivity index (χ0n) is 25.4. The van der Waals surface area contributed by atoms with E-state index in [0.29, 0.717) is 36.1 Å². The van der Waals surface area contributed by atoms with Crippen molar-refractivity contribution in [3.05, 3.63) is 78.2 Å². The Morgan fingerprint density at radius 3 is 2.57 bits per heavy atom. The molecule has 1 saturated heterocycles. The van der Waals surface area contributed by atoms with Gasteiger partial charge in [-0.05, 0) is 63.3 Å². The van der Waals surface area contributed by atoms with Crippen molar-refractivity contribution in [1.82, 2.24) is 29.2 Å². The molecule has 230 valence electrons. The fourth-order valence-corrected chi connectivity index (χ4v) is 8.49. The monoisotopic (exact) mass is 631 g/mol. The van der Waals surface area contributed by atoms with Gasteiger partial charge in [0.25, 0.3) is 10.0 Å². The molecule has 1 fully saturated rings. The highest BCUT2D eigenvalue weighted by Gasteiger charge is 2.30. The summed E-state index contributed by atoms with van der Waals surface area (Å²) in [6.45, 7) is 7.80. The van der Waals surface area contributed by atoms with Gasteiger partial charge in [-0.15, -0.1) is 11.3 Å². The molecule has 0 saturated carbocycles. The molecule has 5 aromatic rings. The number of benzene rings is 2. The summed E-state index contributed by atoms with van der Waals surface area (Å²) in [6.07, 6.45) is 1.62. The second-order valence-electron chi connectivity index (χ2n) is 11.6. The molecule has 6 rings (SSSR count). The third-order valence-corrected chi connectivity index (χ3v) is 11.2. The Labute approximate surface area is 262 Å². The maximum Gasteiger partial charge on any atom is 0.252 e. The number of hydrogen-bond acceptors (Lipinski definition) is 10. The number of aromatic nitrogens is 3. The van der Waals surface area contributed by atoms with Crippen LogP contribution in [0.3, 0.4) is 0 Å².